The normalized spacial score (nSPS) is 17.4. The van der Waals surface area contributed by atoms with Crippen LogP contribution in [0, 0.1) is 6.92 Å². The summed E-state index contributed by atoms with van der Waals surface area (Å²) in [5.41, 5.74) is 3.08. The molecule has 8 heteroatoms. The molecular weight excluding hydrogens is 344 g/mol. The van der Waals surface area contributed by atoms with Gasteiger partial charge in [0.1, 0.15) is 5.69 Å². The molecule has 4 heterocycles. The first-order valence-electron chi connectivity index (χ1n) is 9.41. The smallest absolute Gasteiger partial charge is 0.272 e. The summed E-state index contributed by atoms with van der Waals surface area (Å²) in [6, 6.07) is 3.89. The molecule has 0 spiro atoms. The molecule has 0 unspecified atom stereocenters. The second-order valence-electron chi connectivity index (χ2n) is 7.25. The van der Waals surface area contributed by atoms with Crippen molar-refractivity contribution < 1.29 is 9.21 Å². The third kappa shape index (κ3) is 2.95. The number of aromatic nitrogens is 3. The summed E-state index contributed by atoms with van der Waals surface area (Å²) in [7, 11) is 0. The Morgan fingerprint density at radius 2 is 2.15 bits per heavy atom. The van der Waals surface area contributed by atoms with E-state index in [4.69, 9.17) is 4.42 Å². The highest BCUT2D eigenvalue weighted by molar-refractivity contribution is 6.01. The van der Waals surface area contributed by atoms with Crippen LogP contribution >= 0.6 is 0 Å². The van der Waals surface area contributed by atoms with Gasteiger partial charge in [0.05, 0.1) is 6.26 Å². The first-order chi connectivity index (χ1) is 13.2. The number of H-pyrrole nitrogens is 1. The van der Waals surface area contributed by atoms with Crippen LogP contribution in [-0.2, 0) is 0 Å². The van der Waals surface area contributed by atoms with Gasteiger partial charge >= 0.3 is 0 Å². The maximum absolute atomic E-state index is 13.0. The molecule has 0 aromatic carbocycles. The van der Waals surface area contributed by atoms with Crippen molar-refractivity contribution in [3.63, 3.8) is 0 Å². The van der Waals surface area contributed by atoms with Crippen molar-refractivity contribution in [1.29, 1.82) is 0 Å². The van der Waals surface area contributed by atoms with Crippen LogP contribution in [0.5, 0.6) is 0 Å². The maximum atomic E-state index is 13.0. The van der Waals surface area contributed by atoms with E-state index in [1.807, 2.05) is 24.0 Å². The molecule has 2 fully saturated rings. The Morgan fingerprint density at radius 1 is 1.33 bits per heavy atom. The van der Waals surface area contributed by atoms with Crippen LogP contribution in [0.4, 0.5) is 11.6 Å². The van der Waals surface area contributed by atoms with Crippen molar-refractivity contribution in [2.75, 3.05) is 31.5 Å². The highest BCUT2D eigenvalue weighted by Crippen LogP contribution is 2.40. The Hall–Kier alpha value is -2.87. The fraction of sp³-hybridized carbons (Fsp3) is 0.421. The van der Waals surface area contributed by atoms with Crippen molar-refractivity contribution in [2.24, 2.45) is 0 Å². The number of rotatable bonds is 4. The maximum Gasteiger partial charge on any atom is 0.272 e. The molecular formula is C19H22N6O2. The quantitative estimate of drug-likeness (QED) is 0.656. The molecule has 1 aliphatic carbocycles. The minimum atomic E-state index is -0.0409. The summed E-state index contributed by atoms with van der Waals surface area (Å²) >= 11 is 0. The zero-order valence-electron chi connectivity index (χ0n) is 15.2. The number of carbonyl (C=O) groups is 1. The number of hydrogen-bond acceptors (Lipinski definition) is 6. The number of fused-ring (bicyclic) bond motifs is 1. The zero-order valence-corrected chi connectivity index (χ0v) is 15.2. The number of aromatic amines is 1. The lowest BCUT2D eigenvalue weighted by Gasteiger charge is -2.27. The van der Waals surface area contributed by atoms with Gasteiger partial charge in [0.15, 0.2) is 17.2 Å². The minimum absolute atomic E-state index is 0.0409. The van der Waals surface area contributed by atoms with E-state index < -0.39 is 0 Å². The molecule has 27 heavy (non-hydrogen) atoms. The number of furan rings is 1. The lowest BCUT2D eigenvalue weighted by molar-refractivity contribution is 0.0729. The van der Waals surface area contributed by atoms with Gasteiger partial charge in [0.2, 0.25) is 0 Å². The first-order valence-corrected chi connectivity index (χ1v) is 9.41. The lowest BCUT2D eigenvalue weighted by atomic mass is 10.1. The second-order valence-corrected chi connectivity index (χ2v) is 7.25. The van der Waals surface area contributed by atoms with Gasteiger partial charge in [-0.2, -0.15) is 5.10 Å². The molecule has 0 atom stereocenters. The summed E-state index contributed by atoms with van der Waals surface area (Å²) in [5.74, 6) is 1.76. The molecule has 8 nitrogen and oxygen atoms in total. The summed E-state index contributed by atoms with van der Waals surface area (Å²) in [6.07, 6.45) is 4.04. The molecule has 0 bridgehead atoms. The molecule has 1 aliphatic heterocycles. The van der Waals surface area contributed by atoms with Gasteiger partial charge in [0, 0.05) is 49.2 Å². The van der Waals surface area contributed by atoms with Crippen molar-refractivity contribution in [3.8, 4) is 0 Å². The number of aryl methyl sites for hydroxylation is 1. The minimum Gasteiger partial charge on any atom is -0.460 e. The van der Waals surface area contributed by atoms with E-state index in [0.717, 1.165) is 29.7 Å². The SMILES string of the molecule is Cc1c(C(=O)N2CCNCC2)nc(Nc2cc(C3CC3)[nH]n2)c2occc12. The third-order valence-corrected chi connectivity index (χ3v) is 5.33. The average molecular weight is 366 g/mol. The largest absolute Gasteiger partial charge is 0.460 e. The van der Waals surface area contributed by atoms with Gasteiger partial charge in [-0.3, -0.25) is 9.89 Å². The van der Waals surface area contributed by atoms with Gasteiger partial charge in [-0.15, -0.1) is 0 Å². The predicted molar refractivity (Wildman–Crippen MR) is 101 cm³/mol. The van der Waals surface area contributed by atoms with Crippen molar-refractivity contribution >= 4 is 28.5 Å². The lowest BCUT2D eigenvalue weighted by Crippen LogP contribution is -2.46. The van der Waals surface area contributed by atoms with Crippen LogP contribution in [-0.4, -0.2) is 52.2 Å². The Kier molecular flexibility index (Phi) is 3.86. The molecule has 1 saturated heterocycles. The van der Waals surface area contributed by atoms with Gasteiger partial charge in [-0.05, 0) is 31.4 Å². The average Bonchev–Trinajstić information content (AvgIpc) is 3.23. The summed E-state index contributed by atoms with van der Waals surface area (Å²) in [5, 5.41) is 14.8. The van der Waals surface area contributed by atoms with Gasteiger partial charge in [-0.1, -0.05) is 0 Å². The number of pyridine rings is 1. The molecule has 0 radical (unpaired) electrons. The van der Waals surface area contributed by atoms with E-state index in [1.54, 1.807) is 6.26 Å². The van der Waals surface area contributed by atoms with E-state index in [9.17, 15) is 4.79 Å². The first kappa shape index (κ1) is 16.3. The Morgan fingerprint density at radius 3 is 2.93 bits per heavy atom. The number of anilines is 2. The molecule has 1 amide bonds. The number of hydrogen-bond donors (Lipinski definition) is 3. The van der Waals surface area contributed by atoms with E-state index in [-0.39, 0.29) is 5.91 Å². The van der Waals surface area contributed by atoms with Crippen LogP contribution in [0.2, 0.25) is 0 Å². The number of carbonyl (C=O) groups excluding carboxylic acids is 1. The third-order valence-electron chi connectivity index (χ3n) is 5.33. The van der Waals surface area contributed by atoms with E-state index >= 15 is 0 Å². The summed E-state index contributed by atoms with van der Waals surface area (Å²) in [4.78, 5) is 19.5. The topological polar surface area (TPSA) is 99.1 Å². The second kappa shape index (κ2) is 6.38. The molecule has 3 N–H and O–H groups in total. The number of piperazine rings is 1. The Bertz CT molecular complexity index is 997. The van der Waals surface area contributed by atoms with Crippen LogP contribution < -0.4 is 10.6 Å². The summed E-state index contributed by atoms with van der Waals surface area (Å²) < 4.78 is 5.65. The molecule has 5 rings (SSSR count). The molecule has 3 aromatic rings. The summed E-state index contributed by atoms with van der Waals surface area (Å²) in [6.45, 7) is 4.92. The molecule has 2 aliphatic rings. The zero-order chi connectivity index (χ0) is 18.4. The van der Waals surface area contributed by atoms with Crippen molar-refractivity contribution in [3.05, 3.63) is 35.3 Å². The fourth-order valence-corrected chi connectivity index (χ4v) is 3.60. The molecule has 3 aromatic heterocycles. The van der Waals surface area contributed by atoms with Gasteiger partial charge in [0.25, 0.3) is 5.91 Å². The standard InChI is InChI=1S/C19H22N6O2/c1-11-13-4-9-27-17(13)18(21-15-10-14(23-24-15)12-2-3-12)22-16(11)19(26)25-7-5-20-6-8-25/h4,9-10,12,20H,2-3,5-8H2,1H3,(H2,21,22,23,24). The van der Waals surface area contributed by atoms with Crippen LogP contribution in [0.3, 0.4) is 0 Å². The highest BCUT2D eigenvalue weighted by Gasteiger charge is 2.27. The van der Waals surface area contributed by atoms with Crippen molar-refractivity contribution in [2.45, 2.75) is 25.7 Å². The van der Waals surface area contributed by atoms with Crippen molar-refractivity contribution in [1.82, 2.24) is 25.4 Å². The van der Waals surface area contributed by atoms with E-state index in [1.165, 1.54) is 12.8 Å². The molecule has 1 saturated carbocycles. The number of nitrogens with one attached hydrogen (secondary N) is 3. The van der Waals surface area contributed by atoms with E-state index in [2.05, 4.69) is 25.8 Å². The number of nitrogens with zero attached hydrogens (tertiary/aromatic N) is 3. The number of amides is 1. The highest BCUT2D eigenvalue weighted by atomic mass is 16.3. The van der Waals surface area contributed by atoms with Gasteiger partial charge < -0.3 is 20.0 Å². The monoisotopic (exact) mass is 366 g/mol. The predicted octanol–water partition coefficient (Wildman–Crippen LogP) is 2.53. The van der Waals surface area contributed by atoms with Crippen LogP contribution in [0.15, 0.2) is 22.8 Å². The molecule has 140 valence electrons. The Balaban J connectivity index is 1.51. The Labute approximate surface area is 156 Å². The van der Waals surface area contributed by atoms with E-state index in [0.29, 0.717) is 41.9 Å². The fourth-order valence-electron chi connectivity index (χ4n) is 3.60. The van der Waals surface area contributed by atoms with Crippen LogP contribution in [0.1, 0.15) is 40.5 Å². The van der Waals surface area contributed by atoms with Gasteiger partial charge in [-0.25, -0.2) is 4.98 Å². The van der Waals surface area contributed by atoms with Crippen LogP contribution in [0.25, 0.3) is 11.0 Å².